The van der Waals surface area contributed by atoms with Crippen LogP contribution >= 0.6 is 7.82 Å². The lowest BCUT2D eigenvalue weighted by atomic mass is 10.1. The van der Waals surface area contributed by atoms with Crippen LogP contribution in [0, 0.1) is 0 Å². The van der Waals surface area contributed by atoms with E-state index in [1.807, 2.05) is 0 Å². The fraction of sp³-hybridized carbons (Fsp3) is 0.455. The van der Waals surface area contributed by atoms with E-state index in [2.05, 4.69) is 44.7 Å². The van der Waals surface area contributed by atoms with E-state index in [9.17, 15) is 39.3 Å². The van der Waals surface area contributed by atoms with Gasteiger partial charge in [0.15, 0.2) is 34.8 Å². The SMILES string of the molecule is Nc1nc2c(ncn2[C@@H]2O[C@H](Cc3cn([C@@H]4[C@@H](O)[C@H](n5cnc6c(=O)[nH]c(N)nc65)O[C@@H]4COP(=O)(O)O)nn3)[C@H](O)[C@H]2O)c(=O)[nH]1. The van der Waals surface area contributed by atoms with Gasteiger partial charge in [-0.1, -0.05) is 5.21 Å². The maximum atomic E-state index is 12.3. The fourth-order valence-electron chi connectivity index (χ4n) is 5.74. The van der Waals surface area contributed by atoms with Gasteiger partial charge in [-0.25, -0.2) is 19.2 Å². The van der Waals surface area contributed by atoms with E-state index in [0.717, 1.165) is 0 Å². The molecule has 8 atom stereocenters. The summed E-state index contributed by atoms with van der Waals surface area (Å²) in [6, 6.07) is -1.16. The van der Waals surface area contributed by atoms with Crippen LogP contribution in [0.5, 0.6) is 0 Å². The molecule has 0 radical (unpaired) electrons. The van der Waals surface area contributed by atoms with Gasteiger partial charge in [0, 0.05) is 12.6 Å². The summed E-state index contributed by atoms with van der Waals surface area (Å²) in [5.41, 5.74) is 10.1. The lowest BCUT2D eigenvalue weighted by molar-refractivity contribution is -0.0486. The number of nitrogens with zero attached hydrogens (tertiary/aromatic N) is 9. The molecule has 250 valence electrons. The van der Waals surface area contributed by atoms with E-state index in [-0.39, 0.29) is 46.3 Å². The van der Waals surface area contributed by atoms with Crippen LogP contribution in [0.25, 0.3) is 22.3 Å². The minimum absolute atomic E-state index is 0.0237. The third kappa shape index (κ3) is 5.45. The molecule has 0 saturated carbocycles. The molecular weight excluding hydrogens is 653 g/mol. The largest absolute Gasteiger partial charge is 0.469 e. The van der Waals surface area contributed by atoms with Gasteiger partial charge in [-0.3, -0.25) is 33.2 Å². The number of aliphatic hydroxyl groups excluding tert-OH is 3. The van der Waals surface area contributed by atoms with E-state index >= 15 is 0 Å². The minimum atomic E-state index is -4.97. The summed E-state index contributed by atoms with van der Waals surface area (Å²) >= 11 is 0. The molecule has 5 aromatic heterocycles. The van der Waals surface area contributed by atoms with Crippen LogP contribution in [0.15, 0.2) is 28.4 Å². The molecule has 25 heteroatoms. The monoisotopic (exact) mass is 679 g/mol. The molecular formula is C22H26N13O11P. The van der Waals surface area contributed by atoms with Gasteiger partial charge in [0.2, 0.25) is 11.9 Å². The number of aromatic nitrogens is 11. The molecule has 0 spiro atoms. The molecule has 0 aliphatic carbocycles. The number of nitrogen functional groups attached to an aromatic ring is 2. The molecule has 2 aliphatic rings. The number of phosphoric ester groups is 1. The van der Waals surface area contributed by atoms with E-state index in [4.69, 9.17) is 20.9 Å². The van der Waals surface area contributed by atoms with Gasteiger partial charge in [-0.05, 0) is 0 Å². The van der Waals surface area contributed by atoms with Gasteiger partial charge in [-0.15, -0.1) is 5.10 Å². The third-order valence-corrected chi connectivity index (χ3v) is 8.29. The van der Waals surface area contributed by atoms with Gasteiger partial charge < -0.3 is 46.0 Å². The zero-order valence-corrected chi connectivity index (χ0v) is 24.5. The number of hydrogen-bond acceptors (Lipinski definition) is 17. The zero-order valence-electron chi connectivity index (χ0n) is 23.6. The van der Waals surface area contributed by atoms with Crippen LogP contribution in [-0.4, -0.2) is 116 Å². The number of H-pyrrole nitrogens is 2. The van der Waals surface area contributed by atoms with Crippen molar-refractivity contribution < 1.29 is 43.7 Å². The number of ether oxygens (including phenoxy) is 2. The quantitative estimate of drug-likeness (QED) is 0.0701. The molecule has 5 aromatic rings. The summed E-state index contributed by atoms with van der Waals surface area (Å²) in [6.45, 7) is -0.695. The summed E-state index contributed by atoms with van der Waals surface area (Å²) in [4.78, 5) is 63.8. The van der Waals surface area contributed by atoms with Gasteiger partial charge in [0.1, 0.15) is 30.5 Å². The Morgan fingerprint density at radius 2 is 1.43 bits per heavy atom. The normalized spacial score (nSPS) is 28.2. The van der Waals surface area contributed by atoms with E-state index in [0.29, 0.717) is 0 Å². The molecule has 24 nitrogen and oxygen atoms in total. The van der Waals surface area contributed by atoms with Gasteiger partial charge >= 0.3 is 7.82 Å². The molecule has 47 heavy (non-hydrogen) atoms. The van der Waals surface area contributed by atoms with E-state index in [1.165, 1.54) is 32.7 Å². The summed E-state index contributed by atoms with van der Waals surface area (Å²) in [6.07, 6.45) is -5.52. The summed E-state index contributed by atoms with van der Waals surface area (Å²) in [5.74, 6) is -0.417. The average molecular weight is 680 g/mol. The molecule has 0 unspecified atom stereocenters. The van der Waals surface area contributed by atoms with Crippen LogP contribution < -0.4 is 22.6 Å². The molecule has 7 rings (SSSR count). The van der Waals surface area contributed by atoms with Gasteiger partial charge in [0.25, 0.3) is 11.1 Å². The molecule has 2 fully saturated rings. The lowest BCUT2D eigenvalue weighted by Gasteiger charge is -2.20. The molecule has 0 bridgehead atoms. The van der Waals surface area contributed by atoms with Crippen LogP contribution in [0.1, 0.15) is 24.2 Å². The van der Waals surface area contributed by atoms with Gasteiger partial charge in [0.05, 0.1) is 31.1 Å². The topological polar surface area (TPSA) is 356 Å². The summed E-state index contributed by atoms with van der Waals surface area (Å²) in [5, 5.41) is 41.1. The Morgan fingerprint density at radius 3 is 2.00 bits per heavy atom. The number of hydrogen-bond donors (Lipinski definition) is 9. The molecule has 0 amide bonds. The van der Waals surface area contributed by atoms with Crippen LogP contribution in [0.3, 0.4) is 0 Å². The third-order valence-electron chi connectivity index (χ3n) is 7.80. The number of nitrogens with two attached hydrogens (primary N) is 2. The second-order valence-corrected chi connectivity index (χ2v) is 12.1. The number of phosphoric acid groups is 1. The lowest BCUT2D eigenvalue weighted by Crippen LogP contribution is -2.32. The first-order valence-electron chi connectivity index (χ1n) is 13.7. The smallest absolute Gasteiger partial charge is 0.388 e. The highest BCUT2D eigenvalue weighted by Gasteiger charge is 2.49. The van der Waals surface area contributed by atoms with Crippen molar-refractivity contribution in [3.8, 4) is 0 Å². The van der Waals surface area contributed by atoms with Gasteiger partial charge in [-0.2, -0.15) is 9.97 Å². The van der Waals surface area contributed by atoms with Crippen molar-refractivity contribution in [3.05, 3.63) is 45.3 Å². The Morgan fingerprint density at radius 1 is 0.872 bits per heavy atom. The minimum Gasteiger partial charge on any atom is -0.388 e. The number of nitrogens with one attached hydrogen (secondary N) is 2. The number of aliphatic hydroxyl groups is 3. The van der Waals surface area contributed by atoms with Crippen LogP contribution in [0.2, 0.25) is 0 Å². The van der Waals surface area contributed by atoms with Crippen molar-refractivity contribution in [2.24, 2.45) is 0 Å². The van der Waals surface area contributed by atoms with Crippen molar-refractivity contribution in [1.29, 1.82) is 0 Å². The van der Waals surface area contributed by atoms with Crippen molar-refractivity contribution in [2.75, 3.05) is 18.1 Å². The zero-order chi connectivity index (χ0) is 33.4. The number of anilines is 2. The first kappa shape index (κ1) is 31.0. The Bertz CT molecular complexity index is 2140. The number of aromatic amines is 2. The fourth-order valence-corrected chi connectivity index (χ4v) is 6.08. The maximum absolute atomic E-state index is 12.3. The Balaban J connectivity index is 1.14. The highest BCUT2D eigenvalue weighted by Crippen LogP contribution is 2.42. The first-order valence-corrected chi connectivity index (χ1v) is 15.2. The van der Waals surface area contributed by atoms with E-state index in [1.54, 1.807) is 0 Å². The highest BCUT2D eigenvalue weighted by molar-refractivity contribution is 7.46. The van der Waals surface area contributed by atoms with Crippen molar-refractivity contribution >= 4 is 42.0 Å². The summed E-state index contributed by atoms with van der Waals surface area (Å²) in [7, 11) is -4.97. The molecule has 2 saturated heterocycles. The predicted molar refractivity (Wildman–Crippen MR) is 152 cm³/mol. The molecule has 0 aromatic carbocycles. The predicted octanol–water partition coefficient (Wildman–Crippen LogP) is -4.22. The second-order valence-electron chi connectivity index (χ2n) is 10.8. The van der Waals surface area contributed by atoms with E-state index < -0.39 is 74.6 Å². The standard InChI is InChI=1S/C22H26N13O11P/c23-21-27-15-9(17(39)29-21)25-4-33(15)19-13(37)11(8(46-19)3-44-47(41,42)43)35-2-6(31-32-35)1-7-12(36)14(38)20(45-7)34-5-26-10-16(34)28-22(24)30-18(10)40/h2,4-5,7-8,11-14,19-20,36-38H,1,3H2,(H2,41,42,43)(H3,23,27,29,39)(H3,24,28,30,40)/t7-,8-,11+,12+,13-,14-,19-,20-/m1/s1. The molecule has 2 aliphatic heterocycles. The molecule has 7 heterocycles. The second kappa shape index (κ2) is 11.3. The van der Waals surface area contributed by atoms with Crippen molar-refractivity contribution in [3.63, 3.8) is 0 Å². The Hall–Kier alpha value is -4.65. The number of fused-ring (bicyclic) bond motifs is 2. The highest BCUT2D eigenvalue weighted by atomic mass is 31.2. The Kier molecular flexibility index (Phi) is 7.42. The van der Waals surface area contributed by atoms with Crippen molar-refractivity contribution in [1.82, 2.24) is 54.0 Å². The number of imidazole rings is 2. The van der Waals surface area contributed by atoms with Crippen LogP contribution in [-0.2, 0) is 25.0 Å². The number of rotatable bonds is 8. The summed E-state index contributed by atoms with van der Waals surface area (Å²) < 4.78 is 31.7. The van der Waals surface area contributed by atoms with Crippen molar-refractivity contribution in [2.45, 2.75) is 55.4 Å². The Labute approximate surface area is 258 Å². The van der Waals surface area contributed by atoms with Crippen LogP contribution in [0.4, 0.5) is 11.9 Å². The average Bonchev–Trinajstić information content (AvgIpc) is 3.81. The molecule has 11 N–H and O–H groups in total. The maximum Gasteiger partial charge on any atom is 0.469 e. The first-order chi connectivity index (χ1) is 22.3.